The van der Waals surface area contributed by atoms with Crippen LogP contribution in [0.5, 0.6) is 5.75 Å². The summed E-state index contributed by atoms with van der Waals surface area (Å²) >= 11 is 6.13. The highest BCUT2D eigenvalue weighted by Gasteiger charge is 2.35. The van der Waals surface area contributed by atoms with Gasteiger partial charge in [-0.15, -0.1) is 0 Å². The van der Waals surface area contributed by atoms with E-state index in [1.54, 1.807) is 67.9 Å². The second-order valence-electron chi connectivity index (χ2n) is 8.39. The first-order valence-corrected chi connectivity index (χ1v) is 11.9. The van der Waals surface area contributed by atoms with Crippen LogP contribution in [0.4, 0.5) is 5.69 Å². The molecule has 1 aliphatic rings. The van der Waals surface area contributed by atoms with E-state index in [1.807, 2.05) is 12.1 Å². The summed E-state index contributed by atoms with van der Waals surface area (Å²) in [7, 11) is 1.59. The summed E-state index contributed by atoms with van der Waals surface area (Å²) in [5, 5.41) is 3.75. The Balaban J connectivity index is 1.79. The van der Waals surface area contributed by atoms with E-state index in [0.717, 1.165) is 25.7 Å². The van der Waals surface area contributed by atoms with E-state index in [9.17, 15) is 9.59 Å². The van der Waals surface area contributed by atoms with E-state index in [0.29, 0.717) is 22.0 Å². The molecule has 1 aliphatic carbocycles. The fourth-order valence-corrected chi connectivity index (χ4v) is 4.45. The number of methoxy groups -OCH3 is 1. The summed E-state index contributed by atoms with van der Waals surface area (Å²) in [5.74, 6) is 0.0723. The van der Waals surface area contributed by atoms with Crippen LogP contribution < -0.4 is 15.0 Å². The normalized spacial score (nSPS) is 14.8. The molecule has 4 rings (SSSR count). The number of nitrogens with one attached hydrogen (secondary N) is 1. The van der Waals surface area contributed by atoms with Gasteiger partial charge in [0.2, 0.25) is 5.91 Å². The number of amides is 2. The molecule has 0 unspecified atom stereocenters. The van der Waals surface area contributed by atoms with Crippen LogP contribution in [0.15, 0.2) is 72.9 Å². The Morgan fingerprint density at radius 2 is 1.71 bits per heavy atom. The van der Waals surface area contributed by atoms with Crippen molar-refractivity contribution in [3.63, 3.8) is 0 Å². The molecule has 0 spiro atoms. The van der Waals surface area contributed by atoms with Crippen molar-refractivity contribution in [3.8, 4) is 5.75 Å². The SMILES string of the molecule is COc1ccc([C@H](C(=O)NC2CCCCC2)N(C(=O)c2ccccn2)c2ccc(Cl)cc2)cc1. The highest BCUT2D eigenvalue weighted by atomic mass is 35.5. The van der Waals surface area contributed by atoms with Crippen molar-refractivity contribution in [2.75, 3.05) is 12.0 Å². The molecular weight excluding hydrogens is 450 g/mol. The van der Waals surface area contributed by atoms with Crippen LogP contribution >= 0.6 is 11.6 Å². The topological polar surface area (TPSA) is 71.5 Å². The van der Waals surface area contributed by atoms with Crippen LogP contribution in [0, 0.1) is 0 Å². The zero-order valence-corrected chi connectivity index (χ0v) is 19.9. The molecule has 1 atom stereocenters. The number of aromatic nitrogens is 1. The lowest BCUT2D eigenvalue weighted by atomic mass is 9.94. The lowest BCUT2D eigenvalue weighted by Crippen LogP contribution is -2.47. The highest BCUT2D eigenvalue weighted by molar-refractivity contribution is 6.30. The number of hydrogen-bond acceptors (Lipinski definition) is 4. The molecule has 3 aromatic rings. The Hall–Kier alpha value is -3.38. The first-order chi connectivity index (χ1) is 16.6. The molecule has 2 amide bonds. The molecule has 7 heteroatoms. The van der Waals surface area contributed by atoms with Crippen molar-refractivity contribution < 1.29 is 14.3 Å². The van der Waals surface area contributed by atoms with Crippen LogP contribution in [-0.4, -0.2) is 29.9 Å². The summed E-state index contributed by atoms with van der Waals surface area (Å²) in [6.45, 7) is 0. The lowest BCUT2D eigenvalue weighted by molar-refractivity contribution is -0.123. The molecule has 1 heterocycles. The van der Waals surface area contributed by atoms with Crippen molar-refractivity contribution in [3.05, 3.63) is 89.2 Å². The lowest BCUT2D eigenvalue weighted by Gasteiger charge is -2.33. The molecule has 1 aromatic heterocycles. The predicted octanol–water partition coefficient (Wildman–Crippen LogP) is 5.58. The standard InChI is InChI=1S/C27H28ClN3O3/c1-34-23-16-10-19(11-17-23)25(26(32)30-21-7-3-2-4-8-21)31(22-14-12-20(28)13-15-22)27(33)24-9-5-6-18-29-24/h5-6,9-18,21,25H,2-4,7-8H2,1H3,(H,30,32)/t25-/m1/s1. The van der Waals surface area contributed by atoms with E-state index in [1.165, 1.54) is 11.3 Å². The average molecular weight is 478 g/mol. The number of pyridine rings is 1. The monoisotopic (exact) mass is 477 g/mol. The Morgan fingerprint density at radius 1 is 1.00 bits per heavy atom. The Morgan fingerprint density at radius 3 is 2.32 bits per heavy atom. The van der Waals surface area contributed by atoms with Crippen molar-refractivity contribution in [2.45, 2.75) is 44.2 Å². The summed E-state index contributed by atoms with van der Waals surface area (Å²) in [5.41, 5.74) is 1.48. The molecule has 1 N–H and O–H groups in total. The first-order valence-electron chi connectivity index (χ1n) is 11.5. The van der Waals surface area contributed by atoms with Gasteiger partial charge in [0.25, 0.3) is 5.91 Å². The number of benzene rings is 2. The minimum absolute atomic E-state index is 0.0963. The van der Waals surface area contributed by atoms with Gasteiger partial charge in [0.1, 0.15) is 17.5 Å². The molecule has 0 saturated heterocycles. The molecule has 0 radical (unpaired) electrons. The summed E-state index contributed by atoms with van der Waals surface area (Å²) in [6, 6.07) is 18.5. The number of carbonyl (C=O) groups is 2. The van der Waals surface area contributed by atoms with Crippen molar-refractivity contribution >= 4 is 29.1 Å². The van der Waals surface area contributed by atoms with Gasteiger partial charge < -0.3 is 10.1 Å². The van der Waals surface area contributed by atoms with Gasteiger partial charge in [-0.1, -0.05) is 49.1 Å². The van der Waals surface area contributed by atoms with Crippen molar-refractivity contribution in [1.29, 1.82) is 0 Å². The summed E-state index contributed by atoms with van der Waals surface area (Å²) in [4.78, 5) is 33.3. The van der Waals surface area contributed by atoms with Gasteiger partial charge in [-0.3, -0.25) is 19.5 Å². The molecule has 0 bridgehead atoms. The van der Waals surface area contributed by atoms with Gasteiger partial charge in [-0.25, -0.2) is 0 Å². The van der Waals surface area contributed by atoms with Gasteiger partial charge in [-0.2, -0.15) is 0 Å². The third kappa shape index (κ3) is 5.57. The molecule has 176 valence electrons. The van der Waals surface area contributed by atoms with Gasteiger partial charge in [0.15, 0.2) is 0 Å². The van der Waals surface area contributed by atoms with E-state index >= 15 is 0 Å². The van der Waals surface area contributed by atoms with E-state index in [-0.39, 0.29) is 23.6 Å². The minimum atomic E-state index is -0.900. The molecule has 0 aliphatic heterocycles. The van der Waals surface area contributed by atoms with E-state index < -0.39 is 6.04 Å². The smallest absolute Gasteiger partial charge is 0.277 e. The Labute approximate surface area is 204 Å². The van der Waals surface area contributed by atoms with Gasteiger partial charge in [0, 0.05) is 22.9 Å². The van der Waals surface area contributed by atoms with Crippen LogP contribution in [-0.2, 0) is 4.79 Å². The number of hydrogen-bond donors (Lipinski definition) is 1. The number of carbonyl (C=O) groups excluding carboxylic acids is 2. The van der Waals surface area contributed by atoms with Crippen molar-refractivity contribution in [2.24, 2.45) is 0 Å². The number of nitrogens with zero attached hydrogens (tertiary/aromatic N) is 2. The molecular formula is C27H28ClN3O3. The zero-order chi connectivity index (χ0) is 23.9. The molecule has 2 aromatic carbocycles. The summed E-state index contributed by atoms with van der Waals surface area (Å²) in [6.07, 6.45) is 6.81. The van der Waals surface area contributed by atoms with Crippen LogP contribution in [0.1, 0.15) is 54.2 Å². The Kier molecular flexibility index (Phi) is 7.80. The molecule has 1 fully saturated rings. The maximum absolute atomic E-state index is 13.8. The minimum Gasteiger partial charge on any atom is -0.497 e. The van der Waals surface area contributed by atoms with Gasteiger partial charge in [0.05, 0.1) is 7.11 Å². The largest absolute Gasteiger partial charge is 0.497 e. The fourth-order valence-electron chi connectivity index (χ4n) is 4.33. The maximum atomic E-state index is 13.8. The predicted molar refractivity (Wildman–Crippen MR) is 133 cm³/mol. The fraction of sp³-hybridized carbons (Fsp3) is 0.296. The third-order valence-corrected chi connectivity index (χ3v) is 6.35. The Bertz CT molecular complexity index is 1100. The first kappa shape index (κ1) is 23.8. The number of anilines is 1. The highest BCUT2D eigenvalue weighted by Crippen LogP contribution is 2.32. The van der Waals surface area contributed by atoms with E-state index in [2.05, 4.69) is 10.3 Å². The quantitative estimate of drug-likeness (QED) is 0.482. The van der Waals surface area contributed by atoms with Gasteiger partial charge >= 0.3 is 0 Å². The third-order valence-electron chi connectivity index (χ3n) is 6.10. The maximum Gasteiger partial charge on any atom is 0.277 e. The van der Waals surface area contributed by atoms with Crippen molar-refractivity contribution in [1.82, 2.24) is 10.3 Å². The van der Waals surface area contributed by atoms with E-state index in [4.69, 9.17) is 16.3 Å². The molecule has 6 nitrogen and oxygen atoms in total. The number of ether oxygens (including phenoxy) is 1. The average Bonchev–Trinajstić information content (AvgIpc) is 2.89. The second-order valence-corrected chi connectivity index (χ2v) is 8.82. The zero-order valence-electron chi connectivity index (χ0n) is 19.1. The van der Waals surface area contributed by atoms with Gasteiger partial charge in [-0.05, 0) is 66.9 Å². The summed E-state index contributed by atoms with van der Waals surface area (Å²) < 4.78 is 5.30. The number of rotatable bonds is 7. The molecule has 34 heavy (non-hydrogen) atoms. The van der Waals surface area contributed by atoms with Crippen LogP contribution in [0.25, 0.3) is 0 Å². The molecule has 1 saturated carbocycles. The van der Waals surface area contributed by atoms with Crippen LogP contribution in [0.2, 0.25) is 5.02 Å². The van der Waals surface area contributed by atoms with Crippen LogP contribution in [0.3, 0.4) is 0 Å². The number of halogens is 1. The second kappa shape index (κ2) is 11.2.